The van der Waals surface area contributed by atoms with Crippen molar-refractivity contribution in [1.29, 1.82) is 0 Å². The summed E-state index contributed by atoms with van der Waals surface area (Å²) < 4.78 is 10.7. The Hall–Kier alpha value is -1.91. The van der Waals surface area contributed by atoms with Gasteiger partial charge in [-0.05, 0) is 30.7 Å². The topological polar surface area (TPSA) is 47.6 Å². The van der Waals surface area contributed by atoms with Gasteiger partial charge >= 0.3 is 0 Å². The van der Waals surface area contributed by atoms with Crippen LogP contribution in [-0.4, -0.2) is 19.6 Å². The van der Waals surface area contributed by atoms with E-state index in [1.54, 1.807) is 24.3 Å². The number of nitrogens with one attached hydrogen (secondary N) is 1. The summed E-state index contributed by atoms with van der Waals surface area (Å²) in [6, 6.07) is 10.6. The zero-order valence-electron chi connectivity index (χ0n) is 12.9. The van der Waals surface area contributed by atoms with Crippen LogP contribution in [0.25, 0.3) is 0 Å². The predicted molar refractivity (Wildman–Crippen MR) is 92.9 cm³/mol. The minimum absolute atomic E-state index is 0.183. The van der Waals surface area contributed by atoms with E-state index in [-0.39, 0.29) is 18.9 Å². The van der Waals surface area contributed by atoms with Gasteiger partial charge in [0.2, 0.25) is 5.91 Å². The van der Waals surface area contributed by atoms with Gasteiger partial charge in [0.25, 0.3) is 0 Å². The third kappa shape index (κ3) is 4.78. The fourth-order valence-electron chi connectivity index (χ4n) is 1.96. The second-order valence-corrected chi connectivity index (χ2v) is 5.69. The second-order valence-electron chi connectivity index (χ2n) is 4.88. The maximum Gasteiger partial charge on any atom is 0.227 e. The van der Waals surface area contributed by atoms with Crippen LogP contribution in [0.3, 0.4) is 0 Å². The van der Waals surface area contributed by atoms with Gasteiger partial charge in [-0.2, -0.15) is 0 Å². The van der Waals surface area contributed by atoms with E-state index in [1.807, 2.05) is 19.1 Å². The van der Waals surface area contributed by atoms with Crippen molar-refractivity contribution in [3.8, 4) is 11.5 Å². The van der Waals surface area contributed by atoms with Crippen LogP contribution in [0.15, 0.2) is 36.4 Å². The maximum absolute atomic E-state index is 12.0. The smallest absolute Gasteiger partial charge is 0.227 e. The van der Waals surface area contributed by atoms with Gasteiger partial charge in [0.1, 0.15) is 11.5 Å². The van der Waals surface area contributed by atoms with Gasteiger partial charge < -0.3 is 14.8 Å². The van der Waals surface area contributed by atoms with Crippen LogP contribution in [0.5, 0.6) is 11.5 Å². The Bertz CT molecular complexity index is 704. The molecule has 0 aliphatic carbocycles. The Balaban J connectivity index is 1.93. The summed E-state index contributed by atoms with van der Waals surface area (Å²) >= 11 is 12.0. The molecule has 0 saturated heterocycles. The van der Waals surface area contributed by atoms with Gasteiger partial charge in [0.05, 0.1) is 30.8 Å². The zero-order valence-corrected chi connectivity index (χ0v) is 14.4. The lowest BCUT2D eigenvalue weighted by Crippen LogP contribution is -2.16. The molecule has 0 bridgehead atoms. The van der Waals surface area contributed by atoms with E-state index in [2.05, 4.69) is 5.32 Å². The van der Waals surface area contributed by atoms with E-state index >= 15 is 0 Å². The molecule has 2 aromatic carbocycles. The Labute approximate surface area is 145 Å². The number of hydrogen-bond acceptors (Lipinski definition) is 3. The van der Waals surface area contributed by atoms with E-state index in [0.717, 1.165) is 5.56 Å². The first kappa shape index (κ1) is 17.4. The van der Waals surface area contributed by atoms with Crippen LogP contribution in [0, 0.1) is 6.92 Å². The van der Waals surface area contributed by atoms with Crippen LogP contribution in [-0.2, 0) is 4.79 Å². The van der Waals surface area contributed by atoms with Crippen molar-refractivity contribution >= 4 is 34.8 Å². The number of benzene rings is 2. The standard InChI is InChI=1S/C17H17Cl2NO3/c1-11-9-14(16(22-2)10-13(11)19)20-17(21)7-8-23-15-6-4-3-5-12(15)18/h3-6,9-10H,7-8H2,1-2H3,(H,20,21). The highest BCUT2D eigenvalue weighted by Gasteiger charge is 2.11. The van der Waals surface area contributed by atoms with Crippen LogP contribution < -0.4 is 14.8 Å². The third-order valence-electron chi connectivity index (χ3n) is 3.18. The van der Waals surface area contributed by atoms with Crippen LogP contribution in [0.2, 0.25) is 10.0 Å². The summed E-state index contributed by atoms with van der Waals surface area (Å²) in [6.07, 6.45) is 0.191. The molecule has 122 valence electrons. The molecule has 0 atom stereocenters. The number of methoxy groups -OCH3 is 1. The fraction of sp³-hybridized carbons (Fsp3) is 0.235. The number of hydrogen-bond donors (Lipinski definition) is 1. The molecule has 0 radical (unpaired) electrons. The molecule has 6 heteroatoms. The molecule has 2 rings (SSSR count). The molecule has 0 aliphatic rings. The summed E-state index contributed by atoms with van der Waals surface area (Å²) in [5, 5.41) is 3.90. The van der Waals surface area contributed by atoms with E-state index in [4.69, 9.17) is 32.7 Å². The van der Waals surface area contributed by atoms with Gasteiger partial charge in [0.15, 0.2) is 0 Å². The highest BCUT2D eigenvalue weighted by Crippen LogP contribution is 2.31. The predicted octanol–water partition coefficient (Wildman–Crippen LogP) is 4.72. The highest BCUT2D eigenvalue weighted by atomic mass is 35.5. The Morgan fingerprint density at radius 1 is 1.13 bits per heavy atom. The van der Waals surface area contributed by atoms with E-state index in [0.29, 0.717) is 27.2 Å². The van der Waals surface area contributed by atoms with Gasteiger partial charge in [-0.1, -0.05) is 35.3 Å². The summed E-state index contributed by atoms with van der Waals surface area (Å²) in [7, 11) is 1.52. The number of aryl methyl sites for hydroxylation is 1. The molecule has 0 aliphatic heterocycles. The quantitative estimate of drug-likeness (QED) is 0.817. The molecule has 2 aromatic rings. The minimum atomic E-state index is -0.183. The van der Waals surface area contributed by atoms with Crippen molar-refractivity contribution in [3.05, 3.63) is 52.0 Å². The lowest BCUT2D eigenvalue weighted by Gasteiger charge is -2.12. The zero-order chi connectivity index (χ0) is 16.8. The van der Waals surface area contributed by atoms with E-state index < -0.39 is 0 Å². The lowest BCUT2D eigenvalue weighted by molar-refractivity contribution is -0.116. The van der Waals surface area contributed by atoms with Crippen LogP contribution in [0.4, 0.5) is 5.69 Å². The largest absolute Gasteiger partial charge is 0.495 e. The number of carbonyl (C=O) groups is 1. The van der Waals surface area contributed by atoms with Crippen molar-refractivity contribution in [2.75, 3.05) is 19.0 Å². The van der Waals surface area contributed by atoms with Crippen LogP contribution in [0.1, 0.15) is 12.0 Å². The molecule has 1 amide bonds. The average molecular weight is 354 g/mol. The minimum Gasteiger partial charge on any atom is -0.495 e. The summed E-state index contributed by atoms with van der Waals surface area (Å²) in [4.78, 5) is 12.0. The summed E-state index contributed by atoms with van der Waals surface area (Å²) in [6.45, 7) is 2.09. The Morgan fingerprint density at radius 2 is 1.87 bits per heavy atom. The first-order valence-electron chi connectivity index (χ1n) is 7.02. The normalized spacial score (nSPS) is 10.3. The number of ether oxygens (including phenoxy) is 2. The number of halogens is 2. The SMILES string of the molecule is COc1cc(Cl)c(C)cc1NC(=O)CCOc1ccccc1Cl. The van der Waals surface area contributed by atoms with Crippen molar-refractivity contribution in [1.82, 2.24) is 0 Å². The number of para-hydroxylation sites is 1. The molecule has 1 N–H and O–H groups in total. The molecule has 4 nitrogen and oxygen atoms in total. The first-order chi connectivity index (χ1) is 11.0. The van der Waals surface area contributed by atoms with Crippen molar-refractivity contribution in [3.63, 3.8) is 0 Å². The molecular weight excluding hydrogens is 337 g/mol. The number of rotatable bonds is 6. The molecule has 0 spiro atoms. The summed E-state index contributed by atoms with van der Waals surface area (Å²) in [5.74, 6) is 0.889. The molecule has 0 saturated carbocycles. The third-order valence-corrected chi connectivity index (χ3v) is 3.90. The van der Waals surface area contributed by atoms with E-state index in [9.17, 15) is 4.79 Å². The van der Waals surface area contributed by atoms with Gasteiger partial charge in [-0.25, -0.2) is 0 Å². The first-order valence-corrected chi connectivity index (χ1v) is 7.78. The number of anilines is 1. The average Bonchev–Trinajstić information content (AvgIpc) is 2.52. The van der Waals surface area contributed by atoms with Crippen molar-refractivity contribution in [2.45, 2.75) is 13.3 Å². The van der Waals surface area contributed by atoms with Gasteiger partial charge in [-0.15, -0.1) is 0 Å². The van der Waals surface area contributed by atoms with Crippen LogP contribution >= 0.6 is 23.2 Å². The molecule has 0 heterocycles. The fourth-order valence-corrected chi connectivity index (χ4v) is 2.30. The highest BCUT2D eigenvalue weighted by molar-refractivity contribution is 6.32. The van der Waals surface area contributed by atoms with Gasteiger partial charge in [-0.3, -0.25) is 4.79 Å². The van der Waals surface area contributed by atoms with E-state index in [1.165, 1.54) is 7.11 Å². The van der Waals surface area contributed by atoms with Crippen molar-refractivity contribution in [2.24, 2.45) is 0 Å². The number of carbonyl (C=O) groups excluding carboxylic acids is 1. The Kier molecular flexibility index (Phi) is 6.13. The van der Waals surface area contributed by atoms with Crippen molar-refractivity contribution < 1.29 is 14.3 Å². The molecule has 0 fully saturated rings. The molecule has 23 heavy (non-hydrogen) atoms. The molecular formula is C17H17Cl2NO3. The lowest BCUT2D eigenvalue weighted by atomic mass is 10.2. The summed E-state index contributed by atoms with van der Waals surface area (Å²) in [5.41, 5.74) is 1.44. The molecule has 0 unspecified atom stereocenters. The monoisotopic (exact) mass is 353 g/mol. The second kappa shape index (κ2) is 8.09. The van der Waals surface area contributed by atoms with Gasteiger partial charge in [0, 0.05) is 11.1 Å². The molecule has 0 aromatic heterocycles. The number of amides is 1. The Morgan fingerprint density at radius 3 is 2.57 bits per heavy atom. The maximum atomic E-state index is 12.0.